The molecule has 0 bridgehead atoms. The van der Waals surface area contributed by atoms with Gasteiger partial charge in [-0.25, -0.2) is 4.79 Å². The van der Waals surface area contributed by atoms with E-state index in [9.17, 15) is 4.79 Å². The van der Waals surface area contributed by atoms with E-state index in [1.807, 2.05) is 13.8 Å². The van der Waals surface area contributed by atoms with Gasteiger partial charge in [0.05, 0.1) is 0 Å². The molecule has 0 saturated heterocycles. The SMILES string of the molecule is CCC(N)CCNC(=O)N(CC)CC. The molecule has 0 saturated carbocycles. The van der Waals surface area contributed by atoms with Crippen molar-refractivity contribution < 1.29 is 4.79 Å². The molecule has 0 aliphatic rings. The molecule has 4 nitrogen and oxygen atoms in total. The smallest absolute Gasteiger partial charge is 0.317 e. The Balaban J connectivity index is 3.62. The van der Waals surface area contributed by atoms with Crippen molar-refractivity contribution in [2.24, 2.45) is 5.73 Å². The predicted octanol–water partition coefficient (Wildman–Crippen LogP) is 1.17. The minimum absolute atomic E-state index is 0.0123. The molecule has 0 rings (SSSR count). The first kappa shape index (κ1) is 13.2. The van der Waals surface area contributed by atoms with Crippen LogP contribution >= 0.6 is 0 Å². The second-order valence-electron chi connectivity index (χ2n) is 3.36. The summed E-state index contributed by atoms with van der Waals surface area (Å²) in [6, 6.07) is 0.213. The average molecular weight is 201 g/mol. The molecule has 0 aliphatic heterocycles. The van der Waals surface area contributed by atoms with E-state index in [0.717, 1.165) is 25.9 Å². The molecular weight excluding hydrogens is 178 g/mol. The van der Waals surface area contributed by atoms with Crippen LogP contribution in [0.1, 0.15) is 33.6 Å². The molecule has 2 amide bonds. The Hall–Kier alpha value is -0.770. The van der Waals surface area contributed by atoms with Gasteiger partial charge >= 0.3 is 6.03 Å². The number of hydrogen-bond acceptors (Lipinski definition) is 2. The van der Waals surface area contributed by atoms with Gasteiger partial charge in [0.25, 0.3) is 0 Å². The summed E-state index contributed by atoms with van der Waals surface area (Å²) >= 11 is 0. The molecule has 0 aromatic heterocycles. The van der Waals surface area contributed by atoms with E-state index in [-0.39, 0.29) is 12.1 Å². The highest BCUT2D eigenvalue weighted by Crippen LogP contribution is 1.92. The molecule has 0 aromatic carbocycles. The monoisotopic (exact) mass is 201 g/mol. The van der Waals surface area contributed by atoms with E-state index in [1.165, 1.54) is 0 Å². The Labute approximate surface area is 86.8 Å². The summed E-state index contributed by atoms with van der Waals surface area (Å²) in [6.45, 7) is 8.17. The van der Waals surface area contributed by atoms with Crippen LogP contribution in [0.15, 0.2) is 0 Å². The van der Waals surface area contributed by atoms with Crippen molar-refractivity contribution in [2.45, 2.75) is 39.7 Å². The first-order valence-corrected chi connectivity index (χ1v) is 5.43. The summed E-state index contributed by atoms with van der Waals surface area (Å²) in [5.41, 5.74) is 5.74. The van der Waals surface area contributed by atoms with Crippen LogP contribution in [0, 0.1) is 0 Å². The zero-order valence-corrected chi connectivity index (χ0v) is 9.55. The summed E-state index contributed by atoms with van der Waals surface area (Å²) in [6.07, 6.45) is 1.81. The fourth-order valence-electron chi connectivity index (χ4n) is 1.19. The van der Waals surface area contributed by atoms with Gasteiger partial charge in [-0.3, -0.25) is 0 Å². The number of nitrogens with two attached hydrogens (primary N) is 1. The third-order valence-electron chi connectivity index (χ3n) is 2.37. The Morgan fingerprint density at radius 2 is 1.93 bits per heavy atom. The van der Waals surface area contributed by atoms with Gasteiger partial charge in [0, 0.05) is 25.7 Å². The topological polar surface area (TPSA) is 58.4 Å². The van der Waals surface area contributed by atoms with Gasteiger partial charge in [0.15, 0.2) is 0 Å². The zero-order valence-electron chi connectivity index (χ0n) is 9.55. The average Bonchev–Trinajstić information content (AvgIpc) is 2.19. The van der Waals surface area contributed by atoms with Crippen LogP contribution in [0.5, 0.6) is 0 Å². The quantitative estimate of drug-likeness (QED) is 0.677. The van der Waals surface area contributed by atoms with Crippen molar-refractivity contribution in [1.82, 2.24) is 10.2 Å². The van der Waals surface area contributed by atoms with Crippen LogP contribution < -0.4 is 11.1 Å². The van der Waals surface area contributed by atoms with Gasteiger partial charge in [-0.1, -0.05) is 6.92 Å². The first-order chi connectivity index (χ1) is 6.65. The highest BCUT2D eigenvalue weighted by molar-refractivity contribution is 5.73. The Kier molecular flexibility index (Phi) is 7.20. The number of carbonyl (C=O) groups is 1. The van der Waals surface area contributed by atoms with Gasteiger partial charge in [-0.05, 0) is 26.7 Å². The van der Waals surface area contributed by atoms with Crippen molar-refractivity contribution in [3.05, 3.63) is 0 Å². The second kappa shape index (κ2) is 7.62. The Bertz CT molecular complexity index is 157. The molecule has 4 heteroatoms. The van der Waals surface area contributed by atoms with E-state index in [2.05, 4.69) is 12.2 Å². The lowest BCUT2D eigenvalue weighted by Gasteiger charge is -2.19. The van der Waals surface area contributed by atoms with Gasteiger partial charge in [-0.15, -0.1) is 0 Å². The summed E-state index contributed by atoms with van der Waals surface area (Å²) in [7, 11) is 0. The third-order valence-corrected chi connectivity index (χ3v) is 2.37. The lowest BCUT2D eigenvalue weighted by atomic mass is 10.2. The fourth-order valence-corrected chi connectivity index (χ4v) is 1.19. The maximum Gasteiger partial charge on any atom is 0.317 e. The molecule has 1 atom stereocenters. The molecular formula is C10H23N3O. The maximum absolute atomic E-state index is 11.4. The van der Waals surface area contributed by atoms with Crippen molar-refractivity contribution in [1.29, 1.82) is 0 Å². The lowest BCUT2D eigenvalue weighted by molar-refractivity contribution is 0.203. The van der Waals surface area contributed by atoms with Crippen LogP contribution in [0.25, 0.3) is 0 Å². The molecule has 0 spiro atoms. The van der Waals surface area contributed by atoms with Crippen molar-refractivity contribution in [2.75, 3.05) is 19.6 Å². The summed E-state index contributed by atoms with van der Waals surface area (Å²) in [5, 5.41) is 2.86. The van der Waals surface area contributed by atoms with E-state index in [4.69, 9.17) is 5.73 Å². The van der Waals surface area contributed by atoms with E-state index in [1.54, 1.807) is 4.90 Å². The molecule has 0 radical (unpaired) electrons. The van der Waals surface area contributed by atoms with Crippen LogP contribution in [-0.2, 0) is 0 Å². The van der Waals surface area contributed by atoms with Crippen LogP contribution in [0.2, 0.25) is 0 Å². The zero-order chi connectivity index (χ0) is 11.0. The van der Waals surface area contributed by atoms with E-state index >= 15 is 0 Å². The predicted molar refractivity (Wildman–Crippen MR) is 59.2 cm³/mol. The van der Waals surface area contributed by atoms with Crippen LogP contribution in [-0.4, -0.2) is 36.6 Å². The highest BCUT2D eigenvalue weighted by Gasteiger charge is 2.08. The minimum Gasteiger partial charge on any atom is -0.338 e. The number of amides is 2. The fraction of sp³-hybridized carbons (Fsp3) is 0.900. The molecule has 0 fully saturated rings. The van der Waals surface area contributed by atoms with Crippen molar-refractivity contribution in [3.63, 3.8) is 0 Å². The molecule has 14 heavy (non-hydrogen) atoms. The van der Waals surface area contributed by atoms with Gasteiger partial charge in [0.2, 0.25) is 0 Å². The van der Waals surface area contributed by atoms with E-state index in [0.29, 0.717) is 6.54 Å². The standard InChI is InChI=1S/C10H23N3O/c1-4-9(11)7-8-12-10(14)13(5-2)6-3/h9H,4-8,11H2,1-3H3,(H,12,14). The molecule has 0 aromatic rings. The van der Waals surface area contributed by atoms with Crippen molar-refractivity contribution >= 4 is 6.03 Å². The van der Waals surface area contributed by atoms with Gasteiger partial charge in [-0.2, -0.15) is 0 Å². The number of rotatable bonds is 6. The number of nitrogens with one attached hydrogen (secondary N) is 1. The lowest BCUT2D eigenvalue weighted by Crippen LogP contribution is -2.41. The minimum atomic E-state index is 0.0123. The van der Waals surface area contributed by atoms with E-state index < -0.39 is 0 Å². The van der Waals surface area contributed by atoms with Gasteiger partial charge in [0.1, 0.15) is 0 Å². The molecule has 0 heterocycles. The number of nitrogens with zero attached hydrogens (tertiary/aromatic N) is 1. The summed E-state index contributed by atoms with van der Waals surface area (Å²) in [5.74, 6) is 0. The molecule has 1 unspecified atom stereocenters. The summed E-state index contributed by atoms with van der Waals surface area (Å²) in [4.78, 5) is 13.2. The maximum atomic E-state index is 11.4. The van der Waals surface area contributed by atoms with Crippen LogP contribution in [0.3, 0.4) is 0 Å². The number of carbonyl (C=O) groups excluding carboxylic acids is 1. The molecule has 84 valence electrons. The van der Waals surface area contributed by atoms with Gasteiger partial charge < -0.3 is 16.0 Å². The van der Waals surface area contributed by atoms with Crippen molar-refractivity contribution in [3.8, 4) is 0 Å². The largest absolute Gasteiger partial charge is 0.338 e. The second-order valence-corrected chi connectivity index (χ2v) is 3.36. The molecule has 3 N–H and O–H groups in total. The third kappa shape index (κ3) is 5.07. The van der Waals surface area contributed by atoms with Crippen LogP contribution in [0.4, 0.5) is 4.79 Å². The number of urea groups is 1. The first-order valence-electron chi connectivity index (χ1n) is 5.43. The number of hydrogen-bond donors (Lipinski definition) is 2. The Morgan fingerprint density at radius 1 is 1.36 bits per heavy atom. The summed E-state index contributed by atoms with van der Waals surface area (Å²) < 4.78 is 0. The Morgan fingerprint density at radius 3 is 2.36 bits per heavy atom. The molecule has 0 aliphatic carbocycles. The normalized spacial score (nSPS) is 12.3. The highest BCUT2D eigenvalue weighted by atomic mass is 16.2.